The number of nitrogens with one attached hydrogen (secondary N) is 1. The van der Waals surface area contributed by atoms with Crippen molar-refractivity contribution in [3.05, 3.63) is 56.5 Å². The van der Waals surface area contributed by atoms with Gasteiger partial charge >= 0.3 is 0 Å². The Morgan fingerprint density at radius 3 is 3.00 bits per heavy atom. The van der Waals surface area contributed by atoms with E-state index in [1.165, 1.54) is 0 Å². The highest BCUT2D eigenvalue weighted by Gasteiger charge is 2.23. The van der Waals surface area contributed by atoms with Gasteiger partial charge in [-0.15, -0.1) is 0 Å². The molecular formula is C18H20ClN5O. The van der Waals surface area contributed by atoms with Gasteiger partial charge in [-0.2, -0.15) is 0 Å². The second-order valence-electron chi connectivity index (χ2n) is 6.55. The molecule has 4 rings (SSSR count). The average Bonchev–Trinajstić information content (AvgIpc) is 2.65. The van der Waals surface area contributed by atoms with Crippen molar-refractivity contribution >= 4 is 17.3 Å². The minimum atomic E-state index is -0.0461. The van der Waals surface area contributed by atoms with E-state index >= 15 is 0 Å². The predicted molar refractivity (Wildman–Crippen MR) is 97.2 cm³/mol. The van der Waals surface area contributed by atoms with E-state index in [0.717, 1.165) is 61.3 Å². The van der Waals surface area contributed by atoms with E-state index in [1.807, 2.05) is 0 Å². The minimum Gasteiger partial charge on any atom is -0.305 e. The first-order valence-corrected chi connectivity index (χ1v) is 9.05. The summed E-state index contributed by atoms with van der Waals surface area (Å²) in [7, 11) is 0. The number of aromatic nitrogens is 3. The first kappa shape index (κ1) is 16.4. The van der Waals surface area contributed by atoms with Gasteiger partial charge in [-0.05, 0) is 25.3 Å². The van der Waals surface area contributed by atoms with Gasteiger partial charge in [0.2, 0.25) is 0 Å². The standard InChI is InChI=1S/C18H20ClN5O/c19-14-4-7-20-9-12(14)10-24-8-5-15-13(11-24)18(25)23-17(22-15)16-3-1-2-6-21-16/h4,7,9H,1-3,5-6,8,10-11H2,(H,22,23,25). The number of pyridine rings is 1. The van der Waals surface area contributed by atoms with Crippen molar-refractivity contribution < 1.29 is 0 Å². The Kier molecular flexibility index (Phi) is 4.63. The lowest BCUT2D eigenvalue weighted by Crippen LogP contribution is -2.36. The summed E-state index contributed by atoms with van der Waals surface area (Å²) in [5.41, 5.74) is 3.53. The Hall–Kier alpha value is -2.05. The zero-order valence-electron chi connectivity index (χ0n) is 14.0. The Labute approximate surface area is 151 Å². The third-order valence-electron chi connectivity index (χ3n) is 4.78. The van der Waals surface area contributed by atoms with E-state index in [1.54, 1.807) is 18.5 Å². The molecule has 0 bridgehead atoms. The van der Waals surface area contributed by atoms with Crippen molar-refractivity contribution in [2.75, 3.05) is 13.1 Å². The number of rotatable bonds is 3. The highest BCUT2D eigenvalue weighted by molar-refractivity contribution is 6.31. The topological polar surface area (TPSA) is 74.2 Å². The SMILES string of the molecule is O=c1[nH]c(C2=NCCCC2)nc2c1CN(Cc1cnccc1Cl)CC2. The van der Waals surface area contributed by atoms with Gasteiger partial charge in [0.15, 0.2) is 5.82 Å². The molecule has 0 aliphatic carbocycles. The van der Waals surface area contributed by atoms with E-state index in [2.05, 4.69) is 19.9 Å². The molecule has 0 radical (unpaired) electrons. The van der Waals surface area contributed by atoms with Crippen LogP contribution in [-0.2, 0) is 19.5 Å². The molecule has 0 fully saturated rings. The number of aromatic amines is 1. The van der Waals surface area contributed by atoms with Crippen LogP contribution < -0.4 is 5.56 Å². The Morgan fingerprint density at radius 2 is 2.20 bits per heavy atom. The van der Waals surface area contributed by atoms with Crippen LogP contribution in [0.15, 0.2) is 28.2 Å². The molecule has 130 valence electrons. The van der Waals surface area contributed by atoms with E-state index in [9.17, 15) is 4.79 Å². The zero-order chi connectivity index (χ0) is 17.2. The molecule has 0 saturated heterocycles. The molecular weight excluding hydrogens is 338 g/mol. The molecule has 6 nitrogen and oxygen atoms in total. The van der Waals surface area contributed by atoms with Crippen LogP contribution in [0.5, 0.6) is 0 Å². The fraction of sp³-hybridized carbons (Fsp3) is 0.444. The van der Waals surface area contributed by atoms with Crippen molar-refractivity contribution in [2.45, 2.75) is 38.8 Å². The first-order chi connectivity index (χ1) is 12.2. The van der Waals surface area contributed by atoms with Crippen LogP contribution >= 0.6 is 11.6 Å². The summed E-state index contributed by atoms with van der Waals surface area (Å²) in [6.07, 6.45) is 7.35. The molecule has 0 saturated carbocycles. The summed E-state index contributed by atoms with van der Waals surface area (Å²) in [5.74, 6) is 0.659. The smallest absolute Gasteiger partial charge is 0.255 e. The summed E-state index contributed by atoms with van der Waals surface area (Å²) in [6, 6.07) is 1.79. The van der Waals surface area contributed by atoms with Gasteiger partial charge in [0.1, 0.15) is 0 Å². The molecule has 0 atom stereocenters. The molecule has 2 aromatic heterocycles. The molecule has 0 spiro atoms. The molecule has 2 aromatic rings. The lowest BCUT2D eigenvalue weighted by Gasteiger charge is -2.28. The van der Waals surface area contributed by atoms with Crippen LogP contribution in [0.25, 0.3) is 0 Å². The summed E-state index contributed by atoms with van der Waals surface area (Å²) in [6.45, 7) is 2.94. The Balaban J connectivity index is 1.56. The molecule has 25 heavy (non-hydrogen) atoms. The fourth-order valence-corrected chi connectivity index (χ4v) is 3.58. The second-order valence-corrected chi connectivity index (χ2v) is 6.96. The van der Waals surface area contributed by atoms with Gasteiger partial charge in [0.25, 0.3) is 5.56 Å². The number of halogens is 1. The summed E-state index contributed by atoms with van der Waals surface area (Å²) < 4.78 is 0. The minimum absolute atomic E-state index is 0.0461. The van der Waals surface area contributed by atoms with E-state index in [-0.39, 0.29) is 5.56 Å². The first-order valence-electron chi connectivity index (χ1n) is 8.67. The van der Waals surface area contributed by atoms with Crippen LogP contribution in [-0.4, -0.2) is 38.7 Å². The summed E-state index contributed by atoms with van der Waals surface area (Å²) in [5, 5.41) is 0.707. The number of fused-ring (bicyclic) bond motifs is 1. The molecule has 1 N–H and O–H groups in total. The molecule has 2 aliphatic rings. The molecule has 0 aromatic carbocycles. The van der Waals surface area contributed by atoms with Crippen molar-refractivity contribution in [3.63, 3.8) is 0 Å². The van der Waals surface area contributed by atoms with Crippen molar-refractivity contribution in [1.82, 2.24) is 19.9 Å². The fourth-order valence-electron chi connectivity index (χ4n) is 3.41. The zero-order valence-corrected chi connectivity index (χ0v) is 14.7. The Bertz CT molecular complexity index is 876. The highest BCUT2D eigenvalue weighted by atomic mass is 35.5. The molecule has 4 heterocycles. The second kappa shape index (κ2) is 7.06. The maximum atomic E-state index is 12.6. The third kappa shape index (κ3) is 3.50. The number of nitrogens with zero attached hydrogens (tertiary/aromatic N) is 4. The largest absolute Gasteiger partial charge is 0.305 e. The van der Waals surface area contributed by atoms with Crippen molar-refractivity contribution in [3.8, 4) is 0 Å². The number of H-pyrrole nitrogens is 1. The van der Waals surface area contributed by atoms with E-state index in [0.29, 0.717) is 23.9 Å². The van der Waals surface area contributed by atoms with Gasteiger partial charge in [-0.1, -0.05) is 11.6 Å². The monoisotopic (exact) mass is 357 g/mol. The van der Waals surface area contributed by atoms with Crippen LogP contribution in [0.1, 0.15) is 41.9 Å². The quantitative estimate of drug-likeness (QED) is 0.915. The third-order valence-corrected chi connectivity index (χ3v) is 5.15. The summed E-state index contributed by atoms with van der Waals surface area (Å²) >= 11 is 6.22. The van der Waals surface area contributed by atoms with Crippen LogP contribution in [0, 0.1) is 0 Å². The normalized spacial score (nSPS) is 17.9. The van der Waals surface area contributed by atoms with Crippen molar-refractivity contribution in [1.29, 1.82) is 0 Å². The van der Waals surface area contributed by atoms with Crippen LogP contribution in [0.2, 0.25) is 5.02 Å². The molecule has 0 amide bonds. The predicted octanol–water partition coefficient (Wildman–Crippen LogP) is 2.35. The summed E-state index contributed by atoms with van der Waals surface area (Å²) in [4.78, 5) is 31.1. The van der Waals surface area contributed by atoms with E-state index in [4.69, 9.17) is 16.6 Å². The highest BCUT2D eigenvalue weighted by Crippen LogP contribution is 2.21. The lowest BCUT2D eigenvalue weighted by molar-refractivity contribution is 0.241. The molecule has 2 aliphatic heterocycles. The van der Waals surface area contributed by atoms with Gasteiger partial charge in [-0.3, -0.25) is 19.7 Å². The lowest BCUT2D eigenvalue weighted by atomic mass is 10.0. The molecule has 0 unspecified atom stereocenters. The molecule has 7 heteroatoms. The maximum Gasteiger partial charge on any atom is 0.255 e. The van der Waals surface area contributed by atoms with E-state index < -0.39 is 0 Å². The van der Waals surface area contributed by atoms with Gasteiger partial charge in [0.05, 0.1) is 17.0 Å². The number of hydrogen-bond acceptors (Lipinski definition) is 5. The van der Waals surface area contributed by atoms with Gasteiger partial charge < -0.3 is 4.98 Å². The van der Waals surface area contributed by atoms with Gasteiger partial charge in [-0.25, -0.2) is 4.98 Å². The van der Waals surface area contributed by atoms with Crippen LogP contribution in [0.3, 0.4) is 0 Å². The Morgan fingerprint density at radius 1 is 1.28 bits per heavy atom. The number of aliphatic imine (C=N–C) groups is 1. The number of hydrogen-bond donors (Lipinski definition) is 1. The van der Waals surface area contributed by atoms with Crippen LogP contribution in [0.4, 0.5) is 0 Å². The van der Waals surface area contributed by atoms with Gasteiger partial charge in [0, 0.05) is 55.6 Å². The average molecular weight is 358 g/mol. The maximum absolute atomic E-state index is 12.6. The van der Waals surface area contributed by atoms with Crippen molar-refractivity contribution in [2.24, 2.45) is 4.99 Å².